The second kappa shape index (κ2) is 8.33. The number of hydrogen-bond acceptors (Lipinski definition) is 4. The second-order valence-electron chi connectivity index (χ2n) is 5.98. The Kier molecular flexibility index (Phi) is 6.39. The van der Waals surface area contributed by atoms with Gasteiger partial charge in [0.25, 0.3) is 5.91 Å². The predicted octanol–water partition coefficient (Wildman–Crippen LogP) is 2.60. The Hall–Kier alpha value is -2.38. The van der Waals surface area contributed by atoms with E-state index in [2.05, 4.69) is 5.32 Å². The van der Waals surface area contributed by atoms with Crippen LogP contribution in [0.15, 0.2) is 48.5 Å². The first-order valence-corrected chi connectivity index (χ1v) is 9.93. The van der Waals surface area contributed by atoms with Gasteiger partial charge in [-0.1, -0.05) is 23.7 Å². The number of anilines is 1. The number of nitrogens with zero attached hydrogens (tertiary/aromatic N) is 1. The minimum atomic E-state index is -3.62. The van der Waals surface area contributed by atoms with Gasteiger partial charge in [-0.2, -0.15) is 0 Å². The van der Waals surface area contributed by atoms with E-state index in [1.165, 1.54) is 4.90 Å². The Labute approximate surface area is 157 Å². The minimum absolute atomic E-state index is 0.159. The molecule has 0 aromatic heterocycles. The molecule has 26 heavy (non-hydrogen) atoms. The lowest BCUT2D eigenvalue weighted by Crippen LogP contribution is -2.24. The molecule has 0 aliphatic rings. The Morgan fingerprint density at radius 1 is 1.00 bits per heavy atom. The molecule has 8 heteroatoms. The molecule has 2 rings (SSSR count). The van der Waals surface area contributed by atoms with Crippen molar-refractivity contribution in [1.29, 1.82) is 0 Å². The van der Waals surface area contributed by atoms with Gasteiger partial charge in [-0.15, -0.1) is 0 Å². The highest BCUT2D eigenvalue weighted by Crippen LogP contribution is 2.14. The fourth-order valence-electron chi connectivity index (χ4n) is 2.24. The molecule has 0 unspecified atom stereocenters. The summed E-state index contributed by atoms with van der Waals surface area (Å²) in [5, 5.41) is 3.04. The lowest BCUT2D eigenvalue weighted by molar-refractivity contribution is -0.113. The highest BCUT2D eigenvalue weighted by Gasteiger charge is 2.18. The average molecular weight is 395 g/mol. The Morgan fingerprint density at radius 2 is 1.58 bits per heavy atom. The first-order chi connectivity index (χ1) is 12.2. The SMILES string of the molecule is CN(C)C(=O)c1ccc(NC(=O)CS(=O)(=O)Cc2ccc(Cl)cc2)cc1. The van der Waals surface area contributed by atoms with E-state index in [1.807, 2.05) is 0 Å². The zero-order valence-corrected chi connectivity index (χ0v) is 16.0. The van der Waals surface area contributed by atoms with Crippen molar-refractivity contribution >= 4 is 38.9 Å². The predicted molar refractivity (Wildman–Crippen MR) is 102 cm³/mol. The molecule has 0 saturated carbocycles. The fraction of sp³-hybridized carbons (Fsp3) is 0.222. The number of amides is 2. The van der Waals surface area contributed by atoms with Crippen LogP contribution in [0.3, 0.4) is 0 Å². The van der Waals surface area contributed by atoms with E-state index in [1.54, 1.807) is 62.6 Å². The Morgan fingerprint density at radius 3 is 2.12 bits per heavy atom. The van der Waals surface area contributed by atoms with Crippen molar-refractivity contribution in [2.75, 3.05) is 25.2 Å². The van der Waals surface area contributed by atoms with Crippen molar-refractivity contribution in [3.8, 4) is 0 Å². The van der Waals surface area contributed by atoms with Crippen molar-refractivity contribution in [2.45, 2.75) is 5.75 Å². The van der Waals surface area contributed by atoms with Crippen LogP contribution in [0.5, 0.6) is 0 Å². The van der Waals surface area contributed by atoms with E-state index in [0.29, 0.717) is 21.8 Å². The van der Waals surface area contributed by atoms with Gasteiger partial charge in [0.1, 0.15) is 5.75 Å². The van der Waals surface area contributed by atoms with Crippen molar-refractivity contribution in [2.24, 2.45) is 0 Å². The van der Waals surface area contributed by atoms with Gasteiger partial charge in [-0.05, 0) is 42.0 Å². The van der Waals surface area contributed by atoms with Gasteiger partial charge in [0.15, 0.2) is 9.84 Å². The lowest BCUT2D eigenvalue weighted by Gasteiger charge is -2.11. The molecule has 0 bridgehead atoms. The Bertz CT molecular complexity index is 892. The van der Waals surface area contributed by atoms with E-state index in [9.17, 15) is 18.0 Å². The second-order valence-corrected chi connectivity index (χ2v) is 8.48. The van der Waals surface area contributed by atoms with Crippen LogP contribution in [0, 0.1) is 0 Å². The fourth-order valence-corrected chi connectivity index (χ4v) is 3.64. The summed E-state index contributed by atoms with van der Waals surface area (Å²) in [6.45, 7) is 0. The third-order valence-electron chi connectivity index (χ3n) is 3.47. The molecule has 138 valence electrons. The number of carbonyl (C=O) groups excluding carboxylic acids is 2. The normalized spacial score (nSPS) is 11.0. The van der Waals surface area contributed by atoms with Crippen LogP contribution >= 0.6 is 11.6 Å². The van der Waals surface area contributed by atoms with Gasteiger partial charge in [0.05, 0.1) is 5.75 Å². The van der Waals surface area contributed by atoms with Crippen molar-refractivity contribution in [3.63, 3.8) is 0 Å². The molecule has 2 aromatic carbocycles. The maximum Gasteiger partial charge on any atom is 0.253 e. The first kappa shape index (κ1) is 19.9. The lowest BCUT2D eigenvalue weighted by atomic mass is 10.2. The largest absolute Gasteiger partial charge is 0.345 e. The monoisotopic (exact) mass is 394 g/mol. The number of rotatable bonds is 6. The van der Waals surface area contributed by atoms with Crippen LogP contribution in [0.2, 0.25) is 5.02 Å². The number of benzene rings is 2. The zero-order chi connectivity index (χ0) is 19.3. The maximum absolute atomic E-state index is 12.2. The molecule has 6 nitrogen and oxygen atoms in total. The number of nitrogens with one attached hydrogen (secondary N) is 1. The minimum Gasteiger partial charge on any atom is -0.345 e. The van der Waals surface area contributed by atoms with E-state index in [0.717, 1.165) is 0 Å². The van der Waals surface area contributed by atoms with Crippen LogP contribution in [-0.4, -0.2) is 45.0 Å². The van der Waals surface area contributed by atoms with E-state index >= 15 is 0 Å². The summed E-state index contributed by atoms with van der Waals surface area (Å²) >= 11 is 5.77. The number of halogens is 1. The molecule has 0 radical (unpaired) electrons. The number of sulfone groups is 1. The molecular weight excluding hydrogens is 376 g/mol. The molecule has 0 fully saturated rings. The number of hydrogen-bond donors (Lipinski definition) is 1. The molecule has 0 heterocycles. The summed E-state index contributed by atoms with van der Waals surface area (Å²) in [5.74, 6) is -1.67. The molecule has 0 saturated heterocycles. The van der Waals surface area contributed by atoms with E-state index in [4.69, 9.17) is 11.6 Å². The van der Waals surface area contributed by atoms with Crippen LogP contribution in [-0.2, 0) is 20.4 Å². The quantitative estimate of drug-likeness (QED) is 0.816. The summed E-state index contributed by atoms with van der Waals surface area (Å²) in [6.07, 6.45) is 0. The molecule has 1 N–H and O–H groups in total. The standard InChI is InChI=1S/C18H19ClN2O4S/c1-21(2)18(23)14-5-9-16(10-6-14)20-17(22)12-26(24,25)11-13-3-7-15(19)8-4-13/h3-10H,11-12H2,1-2H3,(H,20,22). The average Bonchev–Trinajstić information content (AvgIpc) is 2.56. The third kappa shape index (κ3) is 5.86. The Balaban J connectivity index is 1.97. The van der Waals surface area contributed by atoms with Gasteiger partial charge in [-0.3, -0.25) is 9.59 Å². The first-order valence-electron chi connectivity index (χ1n) is 7.73. The van der Waals surface area contributed by atoms with E-state index in [-0.39, 0.29) is 11.7 Å². The molecule has 2 aromatic rings. The highest BCUT2D eigenvalue weighted by atomic mass is 35.5. The summed E-state index contributed by atoms with van der Waals surface area (Å²) in [4.78, 5) is 25.3. The third-order valence-corrected chi connectivity index (χ3v) is 5.20. The molecule has 0 aliphatic carbocycles. The van der Waals surface area contributed by atoms with Crippen molar-refractivity contribution < 1.29 is 18.0 Å². The van der Waals surface area contributed by atoms with Crippen LogP contribution in [0.1, 0.15) is 15.9 Å². The van der Waals surface area contributed by atoms with E-state index < -0.39 is 21.5 Å². The molecule has 2 amide bonds. The van der Waals surface area contributed by atoms with Gasteiger partial charge in [0.2, 0.25) is 5.91 Å². The molecule has 0 aliphatic heterocycles. The zero-order valence-electron chi connectivity index (χ0n) is 14.4. The molecule has 0 atom stereocenters. The van der Waals surface area contributed by atoms with Crippen molar-refractivity contribution in [3.05, 3.63) is 64.7 Å². The number of carbonyl (C=O) groups is 2. The molecule has 0 spiro atoms. The van der Waals surface area contributed by atoms with Crippen LogP contribution in [0.25, 0.3) is 0 Å². The van der Waals surface area contributed by atoms with Gasteiger partial charge in [0, 0.05) is 30.4 Å². The summed E-state index contributed by atoms with van der Waals surface area (Å²) in [7, 11) is -0.331. The van der Waals surface area contributed by atoms with Gasteiger partial charge < -0.3 is 10.2 Å². The van der Waals surface area contributed by atoms with Crippen LogP contribution in [0.4, 0.5) is 5.69 Å². The topological polar surface area (TPSA) is 83.6 Å². The smallest absolute Gasteiger partial charge is 0.253 e. The van der Waals surface area contributed by atoms with Crippen LogP contribution < -0.4 is 5.32 Å². The van der Waals surface area contributed by atoms with Gasteiger partial charge in [-0.25, -0.2) is 8.42 Å². The maximum atomic E-state index is 12.2. The molecular formula is C18H19ClN2O4S. The highest BCUT2D eigenvalue weighted by molar-refractivity contribution is 7.91. The summed E-state index contributed by atoms with van der Waals surface area (Å²) in [6, 6.07) is 12.7. The summed E-state index contributed by atoms with van der Waals surface area (Å²) in [5.41, 5.74) is 1.46. The summed E-state index contributed by atoms with van der Waals surface area (Å²) < 4.78 is 24.3. The van der Waals surface area contributed by atoms with Crippen molar-refractivity contribution in [1.82, 2.24) is 4.90 Å². The van der Waals surface area contributed by atoms with Gasteiger partial charge >= 0.3 is 0 Å².